The first kappa shape index (κ1) is 39.5. The van der Waals surface area contributed by atoms with Gasteiger partial charge in [-0.2, -0.15) is 21.9 Å². The summed E-state index contributed by atoms with van der Waals surface area (Å²) in [6.45, 7) is 7.55. The summed E-state index contributed by atoms with van der Waals surface area (Å²) in [5.41, 5.74) is 21.0. The van der Waals surface area contributed by atoms with Gasteiger partial charge in [0.1, 0.15) is 21.2 Å². The Morgan fingerprint density at radius 3 is 1.67 bits per heavy atom. The molecule has 0 fully saturated rings. The predicted molar refractivity (Wildman–Crippen MR) is 229 cm³/mol. The van der Waals surface area contributed by atoms with Gasteiger partial charge >= 0.3 is 0 Å². The third-order valence-corrected chi connectivity index (χ3v) is 11.4. The average molecular weight is 818 g/mol. The molecule has 7 aromatic rings. The number of benzene rings is 7. The first-order valence-electron chi connectivity index (χ1n) is 17.8. The Kier molecular flexibility index (Phi) is 10.7. The van der Waals surface area contributed by atoms with E-state index in [0.717, 1.165) is 62.6 Å². The van der Waals surface area contributed by atoms with Crippen LogP contribution in [0.4, 0.5) is 45.5 Å². The molecule has 0 aromatic heterocycles. The molecule has 296 valence electrons. The zero-order chi connectivity index (χ0) is 41.4. The van der Waals surface area contributed by atoms with E-state index in [2.05, 4.69) is 37.2 Å². The maximum absolute atomic E-state index is 12.3. The largest absolute Gasteiger partial charge is 0.505 e. The number of anilines is 6. The van der Waals surface area contributed by atoms with Gasteiger partial charge < -0.3 is 26.7 Å². The van der Waals surface area contributed by atoms with E-state index >= 15 is 0 Å². The quantitative estimate of drug-likeness (QED) is 0.0250. The monoisotopic (exact) mass is 817 g/mol. The van der Waals surface area contributed by atoms with Gasteiger partial charge in [-0.3, -0.25) is 14.5 Å². The average Bonchev–Trinajstić information content (AvgIpc) is 3.17. The predicted octanol–water partition coefficient (Wildman–Crippen LogP) is 10.5. The van der Waals surface area contributed by atoms with Gasteiger partial charge in [-0.25, -0.2) is 0 Å². The number of phenolic OH excluding ortho intramolecular Hbond substituents is 1. The second kappa shape index (κ2) is 15.7. The lowest BCUT2D eigenvalue weighted by molar-refractivity contribution is 0.482. The topological polar surface area (TPSA) is 214 Å². The molecule has 0 aliphatic carbocycles. The normalized spacial score (nSPS) is 11.9. The van der Waals surface area contributed by atoms with Gasteiger partial charge in [0.15, 0.2) is 0 Å². The molecular formula is C42H39N7O7S2. The fourth-order valence-electron chi connectivity index (χ4n) is 6.46. The summed E-state index contributed by atoms with van der Waals surface area (Å²) in [4.78, 5) is -1.02. The minimum Gasteiger partial charge on any atom is -0.505 e. The number of hydrogen-bond donors (Lipinski definition) is 8. The highest BCUT2D eigenvalue weighted by Gasteiger charge is 2.21. The summed E-state index contributed by atoms with van der Waals surface area (Å²) in [6.07, 6.45) is 0. The Morgan fingerprint density at radius 1 is 0.466 bits per heavy atom. The van der Waals surface area contributed by atoms with Gasteiger partial charge in [0.25, 0.3) is 20.2 Å². The second-order valence-corrected chi connectivity index (χ2v) is 16.6. The summed E-state index contributed by atoms with van der Waals surface area (Å²) < 4.78 is 68.1. The molecule has 0 heterocycles. The number of nitrogens with one attached hydrogen (secondary N) is 5. The van der Waals surface area contributed by atoms with Crippen LogP contribution in [0.2, 0.25) is 0 Å². The number of aromatic hydroxyl groups is 1. The number of hydrazine groups is 2. The molecule has 0 radical (unpaired) electrons. The standard InChI is InChI=1S/C42H39N7O7S2/c1-24-18-36(25(2)17-35(24)45-44-34-16-13-29-21-31(14-15-32(29)42(34)50)43-30-10-6-5-7-11-30)46-47-37-19-27(4)38(20-26(37)3)48-49-39-23-33-28(22-41(39)58(54,55)56)9-8-12-40(33)57(51,52)53/h5-23,43-47,50H,1-4H3,(H,51,52,53)(H,54,55,56). The number of phenols is 1. The molecule has 0 saturated carbocycles. The van der Waals surface area contributed by atoms with Crippen LogP contribution in [0, 0.1) is 27.7 Å². The van der Waals surface area contributed by atoms with Crippen molar-refractivity contribution in [2.45, 2.75) is 37.5 Å². The van der Waals surface area contributed by atoms with Crippen molar-refractivity contribution in [1.29, 1.82) is 0 Å². The molecule has 58 heavy (non-hydrogen) atoms. The molecule has 0 bridgehead atoms. The lowest BCUT2D eigenvalue weighted by Crippen LogP contribution is -2.13. The van der Waals surface area contributed by atoms with E-state index in [9.17, 15) is 31.0 Å². The van der Waals surface area contributed by atoms with Crippen LogP contribution in [0.15, 0.2) is 135 Å². The number of aryl methyl sites for hydroxylation is 4. The van der Waals surface area contributed by atoms with Crippen LogP contribution in [0.25, 0.3) is 21.5 Å². The van der Waals surface area contributed by atoms with E-state index in [0.29, 0.717) is 22.3 Å². The molecule has 14 nitrogen and oxygen atoms in total. The van der Waals surface area contributed by atoms with Crippen LogP contribution < -0.4 is 27.0 Å². The zero-order valence-corrected chi connectivity index (χ0v) is 33.3. The van der Waals surface area contributed by atoms with Crippen molar-refractivity contribution in [2.24, 2.45) is 10.2 Å². The Labute approximate surface area is 335 Å². The van der Waals surface area contributed by atoms with Gasteiger partial charge in [-0.05, 0) is 140 Å². The maximum Gasteiger partial charge on any atom is 0.296 e. The van der Waals surface area contributed by atoms with Crippen molar-refractivity contribution < 1.29 is 31.0 Å². The number of para-hydroxylation sites is 1. The Bertz CT molecular complexity index is 3000. The molecule has 7 aromatic carbocycles. The van der Waals surface area contributed by atoms with Crippen molar-refractivity contribution in [2.75, 3.05) is 27.0 Å². The highest BCUT2D eigenvalue weighted by Crippen LogP contribution is 2.37. The van der Waals surface area contributed by atoms with Crippen LogP contribution in [0.5, 0.6) is 5.75 Å². The van der Waals surface area contributed by atoms with Crippen molar-refractivity contribution in [3.63, 3.8) is 0 Å². The van der Waals surface area contributed by atoms with Gasteiger partial charge in [0, 0.05) is 22.1 Å². The molecule has 0 unspecified atom stereocenters. The molecule has 0 atom stereocenters. The van der Waals surface area contributed by atoms with Crippen LogP contribution in [0.1, 0.15) is 22.3 Å². The van der Waals surface area contributed by atoms with E-state index in [1.807, 2.05) is 99.6 Å². The van der Waals surface area contributed by atoms with E-state index in [1.54, 1.807) is 13.0 Å². The van der Waals surface area contributed by atoms with Crippen LogP contribution in [0.3, 0.4) is 0 Å². The zero-order valence-electron chi connectivity index (χ0n) is 31.7. The maximum atomic E-state index is 12.3. The molecule has 7 rings (SSSR count). The Balaban J connectivity index is 1.04. The minimum absolute atomic E-state index is 0.00584. The van der Waals surface area contributed by atoms with E-state index < -0.39 is 30.0 Å². The molecule has 0 spiro atoms. The lowest BCUT2D eigenvalue weighted by atomic mass is 10.1. The van der Waals surface area contributed by atoms with E-state index in [4.69, 9.17) is 0 Å². The number of hydrogen-bond acceptors (Lipinski definition) is 12. The fraction of sp³-hybridized carbons (Fsp3) is 0.0952. The van der Waals surface area contributed by atoms with Gasteiger partial charge in [-0.1, -0.05) is 36.4 Å². The van der Waals surface area contributed by atoms with Crippen LogP contribution >= 0.6 is 0 Å². The number of nitrogens with zero attached hydrogens (tertiary/aromatic N) is 2. The summed E-state index contributed by atoms with van der Waals surface area (Å²) in [5.74, 6) is 0.122. The molecule has 0 saturated heterocycles. The number of fused-ring (bicyclic) bond motifs is 2. The second-order valence-electron chi connectivity index (χ2n) is 13.8. The smallest absolute Gasteiger partial charge is 0.296 e. The van der Waals surface area contributed by atoms with Crippen molar-refractivity contribution >= 4 is 87.3 Å². The highest BCUT2D eigenvalue weighted by molar-refractivity contribution is 7.86. The van der Waals surface area contributed by atoms with E-state index in [-0.39, 0.29) is 22.2 Å². The highest BCUT2D eigenvalue weighted by atomic mass is 32.2. The summed E-state index contributed by atoms with van der Waals surface area (Å²) in [6, 6.07) is 33.1. The number of rotatable bonds is 12. The van der Waals surface area contributed by atoms with Crippen molar-refractivity contribution in [3.8, 4) is 5.75 Å². The Morgan fingerprint density at radius 2 is 1.03 bits per heavy atom. The summed E-state index contributed by atoms with van der Waals surface area (Å²) in [5, 5.41) is 24.5. The molecule has 0 aliphatic rings. The van der Waals surface area contributed by atoms with Crippen molar-refractivity contribution in [3.05, 3.63) is 138 Å². The van der Waals surface area contributed by atoms with Gasteiger partial charge in [-0.15, -0.1) is 5.11 Å². The molecular weight excluding hydrogens is 779 g/mol. The van der Waals surface area contributed by atoms with E-state index in [1.165, 1.54) is 18.2 Å². The lowest BCUT2D eigenvalue weighted by Gasteiger charge is -2.19. The van der Waals surface area contributed by atoms with Crippen LogP contribution in [-0.2, 0) is 20.2 Å². The first-order valence-corrected chi connectivity index (χ1v) is 20.7. The molecule has 8 N–H and O–H groups in total. The Hall–Kier alpha value is -6.72. The minimum atomic E-state index is -4.78. The van der Waals surface area contributed by atoms with Gasteiger partial charge in [0.05, 0.1) is 28.4 Å². The van der Waals surface area contributed by atoms with Crippen LogP contribution in [-0.4, -0.2) is 31.0 Å². The summed E-state index contributed by atoms with van der Waals surface area (Å²) in [7, 11) is -9.44. The summed E-state index contributed by atoms with van der Waals surface area (Å²) >= 11 is 0. The third-order valence-electron chi connectivity index (χ3n) is 9.57. The molecule has 0 amide bonds. The van der Waals surface area contributed by atoms with Gasteiger partial charge in [0.2, 0.25) is 0 Å². The fourth-order valence-corrected chi connectivity index (χ4v) is 7.81. The third kappa shape index (κ3) is 8.50. The number of azo groups is 1. The molecule has 0 aliphatic heterocycles. The van der Waals surface area contributed by atoms with Crippen molar-refractivity contribution in [1.82, 2.24) is 0 Å². The molecule has 16 heteroatoms. The SMILES string of the molecule is Cc1cc(NNc2cc(C)c(NNc3ccc4cc(Nc5ccccc5)ccc4c3O)cc2C)c(C)cc1N=Nc1cc2c(S(=O)(=O)O)cccc2cc1S(=O)(=O)O. The first-order chi connectivity index (χ1) is 27.5.